The van der Waals surface area contributed by atoms with Crippen LogP contribution < -0.4 is 0 Å². The second-order valence-electron chi connectivity index (χ2n) is 11.5. The highest BCUT2D eigenvalue weighted by Gasteiger charge is 2.60. The Balaban J connectivity index is 1.52. The molecule has 27 heavy (non-hydrogen) atoms. The van der Waals surface area contributed by atoms with Crippen molar-refractivity contribution in [3.05, 3.63) is 0 Å². The molecule has 0 heterocycles. The molecule has 0 unspecified atom stereocenters. The minimum Gasteiger partial charge on any atom is -0.461 e. The number of fused-ring (bicyclic) bond motifs is 5. The second-order valence-corrected chi connectivity index (χ2v) is 11.5. The molecule has 0 bridgehead atoms. The van der Waals surface area contributed by atoms with E-state index in [9.17, 15) is 9.90 Å². The van der Waals surface area contributed by atoms with E-state index in [0.717, 1.165) is 24.2 Å². The summed E-state index contributed by atoms with van der Waals surface area (Å²) in [6.45, 7) is 8.44. The Morgan fingerprint density at radius 1 is 0.963 bits per heavy atom. The predicted octanol–water partition coefficient (Wildman–Crippen LogP) is 5.35. The lowest BCUT2D eigenvalue weighted by Crippen LogP contribution is -2.53. The summed E-state index contributed by atoms with van der Waals surface area (Å²) >= 11 is 0. The Kier molecular flexibility index (Phi) is 4.93. The molecule has 0 radical (unpaired) electrons. The normalized spacial score (nSPS) is 46.9. The zero-order valence-electron chi connectivity index (χ0n) is 17.9. The van der Waals surface area contributed by atoms with Crippen molar-refractivity contribution in [3.63, 3.8) is 0 Å². The van der Waals surface area contributed by atoms with Crippen molar-refractivity contribution in [2.45, 2.75) is 98.0 Å². The SMILES string of the molecule is CC(C)(CO)C(=O)O[C@H]1CC[C@H]2[C@@H]3CC[C@H]4CCCC[C@]4(C)[C@H]3CC[C@]12C. The van der Waals surface area contributed by atoms with Gasteiger partial charge in [-0.2, -0.15) is 0 Å². The maximum absolute atomic E-state index is 12.6. The van der Waals surface area contributed by atoms with Crippen molar-refractivity contribution >= 4 is 5.97 Å². The molecule has 154 valence electrons. The molecule has 4 aliphatic carbocycles. The fourth-order valence-corrected chi connectivity index (χ4v) is 7.79. The van der Waals surface area contributed by atoms with Gasteiger partial charge < -0.3 is 9.84 Å². The van der Waals surface area contributed by atoms with Gasteiger partial charge in [0, 0.05) is 5.41 Å². The van der Waals surface area contributed by atoms with Crippen molar-refractivity contribution < 1.29 is 14.6 Å². The van der Waals surface area contributed by atoms with Gasteiger partial charge in [0.15, 0.2) is 0 Å². The van der Waals surface area contributed by atoms with Crippen LogP contribution in [0.2, 0.25) is 0 Å². The Hall–Kier alpha value is -0.570. The first kappa shape index (κ1) is 19.7. The first-order valence-corrected chi connectivity index (χ1v) is 11.5. The van der Waals surface area contributed by atoms with Crippen LogP contribution in [0, 0.1) is 39.9 Å². The molecule has 3 nitrogen and oxygen atoms in total. The minimum atomic E-state index is -0.792. The summed E-state index contributed by atoms with van der Waals surface area (Å²) in [5.41, 5.74) is -0.0877. The van der Waals surface area contributed by atoms with E-state index in [1.54, 1.807) is 13.8 Å². The van der Waals surface area contributed by atoms with Gasteiger partial charge in [0.05, 0.1) is 12.0 Å². The molecule has 4 rings (SSSR count). The molecule has 0 aromatic rings. The van der Waals surface area contributed by atoms with Gasteiger partial charge in [-0.15, -0.1) is 0 Å². The first-order chi connectivity index (χ1) is 12.7. The quantitative estimate of drug-likeness (QED) is 0.675. The number of carbonyl (C=O) groups excluding carboxylic acids is 1. The molecule has 0 spiro atoms. The topological polar surface area (TPSA) is 46.5 Å². The Labute approximate surface area is 165 Å². The van der Waals surface area contributed by atoms with Crippen LogP contribution >= 0.6 is 0 Å². The lowest BCUT2D eigenvalue weighted by Gasteiger charge is -2.60. The Morgan fingerprint density at radius 3 is 2.44 bits per heavy atom. The van der Waals surface area contributed by atoms with Gasteiger partial charge in [0.2, 0.25) is 0 Å². The van der Waals surface area contributed by atoms with Gasteiger partial charge in [0.1, 0.15) is 6.10 Å². The highest BCUT2D eigenvalue weighted by atomic mass is 16.5. The maximum Gasteiger partial charge on any atom is 0.314 e. The number of ether oxygens (including phenoxy) is 1. The molecule has 4 fully saturated rings. The smallest absolute Gasteiger partial charge is 0.314 e. The molecule has 7 atom stereocenters. The summed E-state index contributed by atoms with van der Waals surface area (Å²) in [6.07, 6.45) is 13.4. The summed E-state index contributed by atoms with van der Waals surface area (Å²) in [4.78, 5) is 12.6. The molecule has 0 aromatic carbocycles. The van der Waals surface area contributed by atoms with Crippen LogP contribution in [0.1, 0.15) is 91.9 Å². The third-order valence-corrected chi connectivity index (χ3v) is 9.69. The van der Waals surface area contributed by atoms with E-state index in [1.807, 2.05) is 0 Å². The highest BCUT2D eigenvalue weighted by Crippen LogP contribution is 2.66. The van der Waals surface area contributed by atoms with Crippen molar-refractivity contribution in [1.29, 1.82) is 0 Å². The van der Waals surface area contributed by atoms with Gasteiger partial charge in [-0.05, 0) is 94.3 Å². The fourth-order valence-electron chi connectivity index (χ4n) is 7.79. The summed E-state index contributed by atoms with van der Waals surface area (Å²) in [5.74, 6) is 3.17. The Morgan fingerprint density at radius 2 is 1.70 bits per heavy atom. The molecule has 3 heteroatoms. The van der Waals surface area contributed by atoms with Gasteiger partial charge in [-0.25, -0.2) is 0 Å². The number of aliphatic hydroxyl groups excluding tert-OH is 1. The minimum absolute atomic E-state index is 0.0404. The van der Waals surface area contributed by atoms with Gasteiger partial charge in [0.25, 0.3) is 0 Å². The van der Waals surface area contributed by atoms with Crippen molar-refractivity contribution in [2.75, 3.05) is 6.61 Å². The third kappa shape index (κ3) is 2.98. The van der Waals surface area contributed by atoms with Crippen molar-refractivity contribution in [2.24, 2.45) is 39.9 Å². The van der Waals surface area contributed by atoms with Crippen LogP contribution in [-0.2, 0) is 9.53 Å². The molecule has 0 saturated heterocycles. The summed E-state index contributed by atoms with van der Waals surface area (Å²) < 4.78 is 6.05. The van der Waals surface area contributed by atoms with E-state index in [1.165, 1.54) is 57.8 Å². The van der Waals surface area contributed by atoms with Crippen molar-refractivity contribution in [3.8, 4) is 0 Å². The van der Waals surface area contributed by atoms with Crippen LogP contribution in [-0.4, -0.2) is 23.8 Å². The summed E-state index contributed by atoms with van der Waals surface area (Å²) in [7, 11) is 0. The van der Waals surface area contributed by atoms with Gasteiger partial charge in [-0.1, -0.05) is 26.7 Å². The summed E-state index contributed by atoms with van der Waals surface area (Å²) in [6, 6.07) is 0. The van der Waals surface area contributed by atoms with E-state index >= 15 is 0 Å². The molecule has 0 aromatic heterocycles. The molecular formula is C24H40O3. The largest absolute Gasteiger partial charge is 0.461 e. The van der Waals surface area contributed by atoms with Crippen LogP contribution in [0.5, 0.6) is 0 Å². The number of hydrogen-bond acceptors (Lipinski definition) is 3. The first-order valence-electron chi connectivity index (χ1n) is 11.5. The number of esters is 1. The van der Waals surface area contributed by atoms with E-state index in [2.05, 4.69) is 13.8 Å². The Bertz CT molecular complexity index is 584. The zero-order chi connectivity index (χ0) is 19.4. The molecule has 4 saturated carbocycles. The molecule has 1 N–H and O–H groups in total. The monoisotopic (exact) mass is 376 g/mol. The highest BCUT2D eigenvalue weighted by molar-refractivity contribution is 5.76. The molecule has 0 amide bonds. The second kappa shape index (κ2) is 6.75. The standard InChI is InChI=1S/C24H40O3/c1-22(2,15-25)21(26)27-20-11-10-18-17-9-8-16-7-5-6-13-23(16,3)19(17)12-14-24(18,20)4/h16-20,25H,5-15H2,1-4H3/t16-,17+,18+,19+,20+,23+,24+/m1/s1. The van der Waals surface area contributed by atoms with E-state index in [0.29, 0.717) is 11.3 Å². The van der Waals surface area contributed by atoms with E-state index in [-0.39, 0.29) is 24.1 Å². The maximum atomic E-state index is 12.6. The third-order valence-electron chi connectivity index (χ3n) is 9.69. The van der Waals surface area contributed by atoms with Crippen LogP contribution in [0.3, 0.4) is 0 Å². The van der Waals surface area contributed by atoms with Crippen molar-refractivity contribution in [1.82, 2.24) is 0 Å². The number of rotatable bonds is 3. The fraction of sp³-hybridized carbons (Fsp3) is 0.958. The van der Waals surface area contributed by atoms with Gasteiger partial charge in [-0.3, -0.25) is 4.79 Å². The predicted molar refractivity (Wildman–Crippen MR) is 107 cm³/mol. The molecular weight excluding hydrogens is 336 g/mol. The van der Waals surface area contributed by atoms with Gasteiger partial charge >= 0.3 is 5.97 Å². The number of hydrogen-bond donors (Lipinski definition) is 1. The van der Waals surface area contributed by atoms with Crippen LogP contribution in [0.25, 0.3) is 0 Å². The van der Waals surface area contributed by atoms with Crippen LogP contribution in [0.15, 0.2) is 0 Å². The number of carbonyl (C=O) groups is 1. The number of aliphatic hydroxyl groups is 1. The lowest BCUT2D eigenvalue weighted by molar-refractivity contribution is -0.174. The average Bonchev–Trinajstić information content (AvgIpc) is 2.97. The van der Waals surface area contributed by atoms with E-state index in [4.69, 9.17) is 4.74 Å². The van der Waals surface area contributed by atoms with E-state index < -0.39 is 5.41 Å². The van der Waals surface area contributed by atoms with Crippen LogP contribution in [0.4, 0.5) is 0 Å². The molecule has 4 aliphatic rings. The summed E-state index contributed by atoms with van der Waals surface area (Å²) in [5, 5.41) is 9.53. The zero-order valence-corrected chi connectivity index (χ0v) is 17.9. The molecule has 0 aliphatic heterocycles. The average molecular weight is 377 g/mol. The lowest BCUT2D eigenvalue weighted by atomic mass is 9.45.